The summed E-state index contributed by atoms with van der Waals surface area (Å²) in [5.41, 5.74) is 5.63. The molecule has 270 valence electrons. The lowest BCUT2D eigenvalue weighted by Crippen LogP contribution is -2.05. The van der Waals surface area contributed by atoms with E-state index in [0.29, 0.717) is 53.8 Å². The average molecular weight is 700 g/mol. The van der Waals surface area contributed by atoms with E-state index < -0.39 is 0 Å². The number of ether oxygens (including phenoxy) is 9. The van der Waals surface area contributed by atoms with Crippen molar-refractivity contribution in [2.45, 2.75) is 40.0 Å². The maximum absolute atomic E-state index is 6.25. The number of allylic oxidation sites excluding steroid dienone is 3. The first-order valence-electron chi connectivity index (χ1n) is 15.9. The van der Waals surface area contributed by atoms with Gasteiger partial charge in [0.05, 0.1) is 42.7 Å². The van der Waals surface area contributed by atoms with Crippen LogP contribution >= 0.6 is 0 Å². The molecular formula is C39H45N3O9. The van der Waals surface area contributed by atoms with Gasteiger partial charge in [-0.2, -0.15) is 0 Å². The minimum atomic E-state index is -0.201. The summed E-state index contributed by atoms with van der Waals surface area (Å²) in [5, 5.41) is 0. The van der Waals surface area contributed by atoms with E-state index >= 15 is 0 Å². The fraction of sp³-hybridized carbons (Fsp3) is 0.308. The van der Waals surface area contributed by atoms with Crippen LogP contribution in [0, 0.1) is 0 Å². The number of hydrogen-bond donors (Lipinski definition) is 0. The van der Waals surface area contributed by atoms with Gasteiger partial charge in [0.2, 0.25) is 17.2 Å². The molecule has 0 radical (unpaired) electrons. The summed E-state index contributed by atoms with van der Waals surface area (Å²) in [5.74, 6) is 2.92. The molecule has 0 aliphatic heterocycles. The van der Waals surface area contributed by atoms with Crippen LogP contribution in [-0.2, 0) is 19.3 Å². The van der Waals surface area contributed by atoms with Crippen LogP contribution in [0.3, 0.4) is 0 Å². The highest BCUT2D eigenvalue weighted by Crippen LogP contribution is 2.45. The van der Waals surface area contributed by atoms with Crippen LogP contribution in [0.5, 0.6) is 69.8 Å². The van der Waals surface area contributed by atoms with E-state index in [1.54, 1.807) is 0 Å². The van der Waals surface area contributed by atoms with Gasteiger partial charge in [-0.3, -0.25) is 0 Å². The lowest BCUT2D eigenvalue weighted by Gasteiger charge is -2.18. The third kappa shape index (κ3) is 9.62. The molecule has 3 aromatic carbocycles. The zero-order valence-electron chi connectivity index (χ0n) is 30.7. The van der Waals surface area contributed by atoms with Crippen molar-refractivity contribution < 1.29 is 42.6 Å². The number of benzene rings is 3. The Morgan fingerprint density at radius 2 is 0.608 bits per heavy atom. The molecule has 1 aromatic heterocycles. The van der Waals surface area contributed by atoms with Gasteiger partial charge in [0, 0.05) is 0 Å². The zero-order valence-corrected chi connectivity index (χ0v) is 30.7. The van der Waals surface area contributed by atoms with Crippen LogP contribution in [0.4, 0.5) is 0 Å². The number of methoxy groups -OCH3 is 6. The Hall–Kier alpha value is -5.91. The van der Waals surface area contributed by atoms with Gasteiger partial charge in [-0.15, -0.1) is 15.0 Å². The summed E-state index contributed by atoms with van der Waals surface area (Å²) < 4.78 is 52.9. The molecule has 0 fully saturated rings. The van der Waals surface area contributed by atoms with Crippen molar-refractivity contribution in [3.63, 3.8) is 0 Å². The topological polar surface area (TPSA) is 122 Å². The van der Waals surface area contributed by atoms with Gasteiger partial charge in [-0.05, 0) is 93.1 Å². The maximum atomic E-state index is 6.25. The predicted molar refractivity (Wildman–Crippen MR) is 194 cm³/mol. The van der Waals surface area contributed by atoms with Crippen LogP contribution in [0.15, 0.2) is 72.9 Å². The molecular weight excluding hydrogens is 654 g/mol. The van der Waals surface area contributed by atoms with E-state index in [1.807, 2.05) is 57.2 Å². The molecule has 1 heterocycles. The smallest absolute Gasteiger partial charge is 0.331 e. The zero-order chi connectivity index (χ0) is 37.2. The largest absolute Gasteiger partial charge is 0.493 e. The monoisotopic (exact) mass is 699 g/mol. The number of rotatable bonds is 18. The van der Waals surface area contributed by atoms with Crippen molar-refractivity contribution in [3.05, 3.63) is 89.5 Å². The Labute approximate surface area is 299 Å². The summed E-state index contributed by atoms with van der Waals surface area (Å²) >= 11 is 0. The van der Waals surface area contributed by atoms with Crippen molar-refractivity contribution in [2.75, 3.05) is 42.7 Å². The summed E-state index contributed by atoms with van der Waals surface area (Å²) in [6.07, 6.45) is 1.83. The Kier molecular flexibility index (Phi) is 12.7. The second kappa shape index (κ2) is 17.1. The first-order valence-corrected chi connectivity index (χ1v) is 15.9. The highest BCUT2D eigenvalue weighted by Gasteiger charge is 2.24. The Bertz CT molecular complexity index is 1620. The molecule has 0 spiro atoms. The molecule has 51 heavy (non-hydrogen) atoms. The molecule has 12 heteroatoms. The molecule has 0 aliphatic rings. The highest BCUT2D eigenvalue weighted by atomic mass is 16.6. The Morgan fingerprint density at radius 3 is 0.765 bits per heavy atom. The highest BCUT2D eigenvalue weighted by molar-refractivity contribution is 5.58. The lowest BCUT2D eigenvalue weighted by atomic mass is 10.1. The molecule has 0 N–H and O–H groups in total. The lowest BCUT2D eigenvalue weighted by molar-refractivity contribution is 0.303. The molecule has 4 rings (SSSR count). The first-order chi connectivity index (χ1) is 24.4. The van der Waals surface area contributed by atoms with Crippen LogP contribution in [0.25, 0.3) is 0 Å². The summed E-state index contributed by atoms with van der Waals surface area (Å²) in [6.45, 7) is 17.9. The molecule has 0 unspecified atom stereocenters. The van der Waals surface area contributed by atoms with Crippen molar-refractivity contribution in [2.24, 2.45) is 0 Å². The molecule has 12 nitrogen and oxygen atoms in total. The van der Waals surface area contributed by atoms with E-state index in [9.17, 15) is 0 Å². The summed E-state index contributed by atoms with van der Waals surface area (Å²) in [4.78, 5) is 13.4. The molecule has 0 bridgehead atoms. The van der Waals surface area contributed by atoms with Gasteiger partial charge in [0.15, 0.2) is 34.5 Å². The summed E-state index contributed by atoms with van der Waals surface area (Å²) in [7, 11) is 9.14. The fourth-order valence-electron chi connectivity index (χ4n) is 5.19. The minimum absolute atomic E-state index is 0.201. The van der Waals surface area contributed by atoms with Gasteiger partial charge >= 0.3 is 18.0 Å². The summed E-state index contributed by atoms with van der Waals surface area (Å²) in [6, 6.07) is 10.4. The molecule has 4 aromatic rings. The standard InChI is InChI=1S/C39H45N3O9/c1-22(2)13-25-16-28(43-7)34(29(17-25)44-8)49-37-40-38(50-35-30(45-9)18-26(14-23(3)4)19-31(35)46-10)42-39(41-37)51-36-32(47-11)20-27(15-24(5)6)21-33(36)48-12/h16-21H,1,3,5,13-15H2,2,4,6-12H3. The molecule has 0 atom stereocenters. The van der Waals surface area contributed by atoms with E-state index in [-0.39, 0.29) is 35.3 Å². The van der Waals surface area contributed by atoms with Crippen LogP contribution < -0.4 is 42.6 Å². The van der Waals surface area contributed by atoms with Gasteiger partial charge in [-0.1, -0.05) is 36.5 Å². The molecule has 0 amide bonds. The average Bonchev–Trinajstić information content (AvgIpc) is 3.08. The third-order valence-corrected chi connectivity index (χ3v) is 7.23. The van der Waals surface area contributed by atoms with Crippen molar-refractivity contribution >= 4 is 0 Å². The van der Waals surface area contributed by atoms with Gasteiger partial charge < -0.3 is 42.6 Å². The predicted octanol–water partition coefficient (Wildman–Crippen LogP) is 8.66. The molecule has 0 aliphatic carbocycles. The minimum Gasteiger partial charge on any atom is -0.493 e. The Balaban J connectivity index is 1.88. The van der Waals surface area contributed by atoms with Gasteiger partial charge in [0.1, 0.15) is 0 Å². The fourth-order valence-corrected chi connectivity index (χ4v) is 5.19. The Morgan fingerprint density at radius 1 is 0.412 bits per heavy atom. The quantitative estimate of drug-likeness (QED) is 0.0924. The van der Waals surface area contributed by atoms with E-state index in [4.69, 9.17) is 42.6 Å². The van der Waals surface area contributed by atoms with Crippen LogP contribution in [0.1, 0.15) is 37.5 Å². The molecule has 0 saturated carbocycles. The molecule has 0 saturated heterocycles. The van der Waals surface area contributed by atoms with Crippen molar-refractivity contribution in [1.29, 1.82) is 0 Å². The van der Waals surface area contributed by atoms with Crippen molar-refractivity contribution in [3.8, 4) is 69.8 Å². The van der Waals surface area contributed by atoms with Gasteiger partial charge in [-0.25, -0.2) is 0 Å². The van der Waals surface area contributed by atoms with Gasteiger partial charge in [0.25, 0.3) is 0 Å². The van der Waals surface area contributed by atoms with Crippen LogP contribution in [0.2, 0.25) is 0 Å². The number of nitrogens with zero attached hydrogens (tertiary/aromatic N) is 3. The van der Waals surface area contributed by atoms with E-state index in [1.165, 1.54) is 42.7 Å². The van der Waals surface area contributed by atoms with E-state index in [2.05, 4.69) is 34.7 Å². The third-order valence-electron chi connectivity index (χ3n) is 7.23. The second-order valence-electron chi connectivity index (χ2n) is 11.9. The normalized spacial score (nSPS) is 10.5. The SMILES string of the molecule is C=C(C)Cc1cc(OC)c(Oc2nc(Oc3c(OC)cc(CC(=C)C)cc3OC)nc(Oc3c(OC)cc(CC(=C)C)cc3OC)n2)c(OC)c1. The van der Waals surface area contributed by atoms with E-state index in [0.717, 1.165) is 33.4 Å². The number of hydrogen-bond acceptors (Lipinski definition) is 12. The maximum Gasteiger partial charge on any atom is 0.331 e. The number of aromatic nitrogens is 3. The van der Waals surface area contributed by atoms with Crippen LogP contribution in [-0.4, -0.2) is 57.6 Å². The first kappa shape index (κ1) is 37.9. The second-order valence-corrected chi connectivity index (χ2v) is 11.9. The van der Waals surface area contributed by atoms with Crippen molar-refractivity contribution in [1.82, 2.24) is 15.0 Å².